The number of phenols is 1. The number of nitrogens with one attached hydrogen (secondary N) is 1. The molecule has 0 heterocycles. The SMILES string of the molecule is CNC(=O)C1=C(O)C2(O)C(=O)C3=C(O)c4c(O)c(C#Cc5ccc(N)cc5)cc(N(C)C)c4CC3CC2C(N(C)C)C1=O. The molecular formula is C32H34N4O7. The Balaban J connectivity index is 1.72. The van der Waals surface area contributed by atoms with Gasteiger partial charge in [-0.25, -0.2) is 0 Å². The topological polar surface area (TPSA) is 177 Å². The van der Waals surface area contributed by atoms with Crippen molar-refractivity contribution in [1.82, 2.24) is 10.2 Å². The molecule has 4 unspecified atom stereocenters. The molecule has 2 aromatic rings. The number of anilines is 2. The molecule has 2 aromatic carbocycles. The maximum absolute atomic E-state index is 14.2. The maximum atomic E-state index is 14.2. The van der Waals surface area contributed by atoms with E-state index in [2.05, 4.69) is 17.2 Å². The monoisotopic (exact) mass is 586 g/mol. The highest BCUT2D eigenvalue weighted by Gasteiger charge is 2.64. The van der Waals surface area contributed by atoms with Gasteiger partial charge in [0.05, 0.1) is 17.2 Å². The van der Waals surface area contributed by atoms with Crippen molar-refractivity contribution in [1.29, 1.82) is 0 Å². The molecule has 0 spiro atoms. The number of hydrogen-bond donors (Lipinski definition) is 6. The Bertz CT molecular complexity index is 1690. The first-order valence-corrected chi connectivity index (χ1v) is 13.7. The second-order valence-corrected chi connectivity index (χ2v) is 11.6. The maximum Gasteiger partial charge on any atom is 0.258 e. The largest absolute Gasteiger partial charge is 0.508 e. The Hall–Kier alpha value is -4.79. The minimum Gasteiger partial charge on any atom is -0.508 e. The predicted molar refractivity (Wildman–Crippen MR) is 160 cm³/mol. The molecule has 224 valence electrons. The lowest BCUT2D eigenvalue weighted by atomic mass is 9.57. The van der Waals surface area contributed by atoms with E-state index in [-0.39, 0.29) is 35.3 Å². The number of amides is 1. The number of carbonyl (C=O) groups is 3. The quantitative estimate of drug-likeness (QED) is 0.174. The van der Waals surface area contributed by atoms with Crippen LogP contribution in [0.4, 0.5) is 11.4 Å². The number of carbonyl (C=O) groups excluding carboxylic acids is 3. The molecule has 0 saturated heterocycles. The van der Waals surface area contributed by atoms with Crippen LogP contribution in [0.3, 0.4) is 0 Å². The number of hydrogen-bond acceptors (Lipinski definition) is 10. The summed E-state index contributed by atoms with van der Waals surface area (Å²) in [6, 6.07) is 7.46. The molecule has 0 aliphatic heterocycles. The van der Waals surface area contributed by atoms with Gasteiger partial charge in [-0.2, -0.15) is 0 Å². The highest BCUT2D eigenvalue weighted by atomic mass is 16.3. The fourth-order valence-corrected chi connectivity index (χ4v) is 6.60. The summed E-state index contributed by atoms with van der Waals surface area (Å²) in [5.41, 5.74) is 4.84. The Labute approximate surface area is 248 Å². The van der Waals surface area contributed by atoms with Gasteiger partial charge in [0, 0.05) is 49.6 Å². The molecule has 11 heteroatoms. The molecular weight excluding hydrogens is 552 g/mol. The fraction of sp³-hybridized carbons (Fsp3) is 0.344. The van der Waals surface area contributed by atoms with Crippen LogP contribution in [0.2, 0.25) is 0 Å². The summed E-state index contributed by atoms with van der Waals surface area (Å²) in [6.45, 7) is 0. The van der Waals surface area contributed by atoms with Crippen molar-refractivity contribution in [3.8, 4) is 17.6 Å². The Morgan fingerprint density at radius 2 is 1.72 bits per heavy atom. The third kappa shape index (κ3) is 4.42. The number of nitrogens with zero attached hydrogens (tertiary/aromatic N) is 2. The minimum atomic E-state index is -2.66. The van der Waals surface area contributed by atoms with Crippen molar-refractivity contribution in [2.24, 2.45) is 11.8 Å². The number of Topliss-reactive ketones (excluding diaryl/α,β-unsaturated/α-hetero) is 2. The van der Waals surface area contributed by atoms with Crippen LogP contribution in [-0.4, -0.2) is 89.7 Å². The second-order valence-electron chi connectivity index (χ2n) is 11.6. The first kappa shape index (κ1) is 29.7. The van der Waals surface area contributed by atoms with E-state index >= 15 is 0 Å². The molecule has 3 aliphatic rings. The van der Waals surface area contributed by atoms with E-state index in [0.29, 0.717) is 22.5 Å². The van der Waals surface area contributed by atoms with Crippen LogP contribution >= 0.6 is 0 Å². The van der Waals surface area contributed by atoms with Crippen LogP contribution in [0.5, 0.6) is 5.75 Å². The van der Waals surface area contributed by atoms with Gasteiger partial charge in [-0.15, -0.1) is 0 Å². The van der Waals surface area contributed by atoms with Gasteiger partial charge >= 0.3 is 0 Å². The van der Waals surface area contributed by atoms with Crippen LogP contribution in [-0.2, 0) is 20.8 Å². The smallest absolute Gasteiger partial charge is 0.258 e. The number of nitrogen functional groups attached to an aromatic ring is 1. The average Bonchev–Trinajstić information content (AvgIpc) is 2.95. The molecule has 5 rings (SSSR count). The molecule has 4 atom stereocenters. The molecule has 3 aliphatic carbocycles. The molecule has 0 bridgehead atoms. The lowest BCUT2D eigenvalue weighted by Crippen LogP contribution is -2.65. The zero-order valence-corrected chi connectivity index (χ0v) is 24.5. The van der Waals surface area contributed by atoms with Crippen LogP contribution in [0.25, 0.3) is 5.76 Å². The van der Waals surface area contributed by atoms with Crippen LogP contribution in [0.1, 0.15) is 28.7 Å². The lowest BCUT2D eigenvalue weighted by molar-refractivity contribution is -0.153. The third-order valence-corrected chi connectivity index (χ3v) is 8.64. The standard InChI is InChI=1S/C32H34N4O7/c1-34-31(42)24-28(39)25(36(4)5)20-13-17-12-19-21(35(2)3)14-16(9-6-15-7-10-18(33)11-8-15)26(37)23(19)27(38)22(17)29(40)32(20,43)30(24)41/h7-8,10-11,14,17,20,25,37-38,41,43H,12-13,33H2,1-5H3,(H,34,42). The van der Waals surface area contributed by atoms with E-state index in [1.807, 2.05) is 4.90 Å². The van der Waals surface area contributed by atoms with Crippen molar-refractivity contribution < 1.29 is 34.8 Å². The van der Waals surface area contributed by atoms with Crippen molar-refractivity contribution >= 4 is 34.6 Å². The van der Waals surface area contributed by atoms with Gasteiger partial charge in [0.1, 0.15) is 22.8 Å². The number of aromatic hydroxyl groups is 1. The number of aliphatic hydroxyl groups is 3. The van der Waals surface area contributed by atoms with Crippen LogP contribution < -0.4 is 16.0 Å². The van der Waals surface area contributed by atoms with E-state index < -0.39 is 58.0 Å². The summed E-state index contributed by atoms with van der Waals surface area (Å²) in [5, 5.41) is 48.4. The predicted octanol–water partition coefficient (Wildman–Crippen LogP) is 1.27. The van der Waals surface area contributed by atoms with Gasteiger partial charge in [-0.1, -0.05) is 11.8 Å². The average molecular weight is 587 g/mol. The van der Waals surface area contributed by atoms with Gasteiger partial charge in [0.25, 0.3) is 5.91 Å². The number of rotatable bonds is 3. The lowest BCUT2D eigenvalue weighted by Gasteiger charge is -2.50. The van der Waals surface area contributed by atoms with Crippen LogP contribution in [0, 0.1) is 23.7 Å². The fourth-order valence-electron chi connectivity index (χ4n) is 6.60. The Morgan fingerprint density at radius 1 is 1.07 bits per heavy atom. The number of likely N-dealkylation sites (N-methyl/N-ethyl adjacent to an activating group) is 2. The summed E-state index contributed by atoms with van der Waals surface area (Å²) in [4.78, 5) is 43.6. The molecule has 1 fully saturated rings. The Kier molecular flexibility index (Phi) is 7.24. The summed E-state index contributed by atoms with van der Waals surface area (Å²) in [7, 11) is 8.05. The molecule has 0 radical (unpaired) electrons. The zero-order chi connectivity index (χ0) is 31.5. The van der Waals surface area contributed by atoms with Crippen molar-refractivity contribution in [3.63, 3.8) is 0 Å². The number of phenolic OH excluding ortho intramolecular Hbond substituents is 1. The summed E-state index contributed by atoms with van der Waals surface area (Å²) < 4.78 is 0. The Morgan fingerprint density at radius 3 is 2.30 bits per heavy atom. The first-order chi connectivity index (χ1) is 20.2. The van der Waals surface area contributed by atoms with Crippen LogP contribution in [0.15, 0.2) is 47.2 Å². The number of nitrogens with two attached hydrogens (primary N) is 1. The number of benzene rings is 2. The number of fused-ring (bicyclic) bond motifs is 3. The van der Waals surface area contributed by atoms with Gasteiger partial charge in [0.2, 0.25) is 5.78 Å². The molecule has 0 aromatic heterocycles. The molecule has 11 nitrogen and oxygen atoms in total. The van der Waals surface area contributed by atoms with Crippen molar-refractivity contribution in [3.05, 3.63) is 69.5 Å². The molecule has 7 N–H and O–H groups in total. The van der Waals surface area contributed by atoms with Gasteiger partial charge in [0.15, 0.2) is 11.4 Å². The highest BCUT2D eigenvalue weighted by molar-refractivity contribution is 6.25. The summed E-state index contributed by atoms with van der Waals surface area (Å²) in [6.07, 6.45) is 0.230. The third-order valence-electron chi connectivity index (χ3n) is 8.64. The number of aliphatic hydroxyl groups excluding tert-OH is 2. The normalized spacial score (nSPS) is 24.6. The molecule has 43 heavy (non-hydrogen) atoms. The second kappa shape index (κ2) is 10.5. The van der Waals surface area contributed by atoms with Gasteiger partial charge < -0.3 is 36.4 Å². The molecule has 1 amide bonds. The van der Waals surface area contributed by atoms with Gasteiger partial charge in [-0.3, -0.25) is 19.3 Å². The van der Waals surface area contributed by atoms with E-state index in [1.165, 1.54) is 11.9 Å². The molecule has 1 saturated carbocycles. The summed E-state index contributed by atoms with van der Waals surface area (Å²) in [5.74, 6) is -0.483. The zero-order valence-electron chi connectivity index (χ0n) is 24.5. The summed E-state index contributed by atoms with van der Waals surface area (Å²) >= 11 is 0. The van der Waals surface area contributed by atoms with E-state index in [1.54, 1.807) is 58.5 Å². The highest BCUT2D eigenvalue weighted by Crippen LogP contribution is 2.54. The van der Waals surface area contributed by atoms with E-state index in [9.17, 15) is 34.8 Å². The van der Waals surface area contributed by atoms with Gasteiger partial charge in [-0.05, 0) is 68.8 Å². The van der Waals surface area contributed by atoms with Crippen molar-refractivity contribution in [2.75, 3.05) is 45.9 Å². The van der Waals surface area contributed by atoms with E-state index in [0.717, 1.165) is 0 Å². The van der Waals surface area contributed by atoms with Crippen molar-refractivity contribution in [2.45, 2.75) is 24.5 Å². The first-order valence-electron chi connectivity index (χ1n) is 13.7. The van der Waals surface area contributed by atoms with E-state index in [4.69, 9.17) is 5.73 Å². The number of ketones is 2. The minimum absolute atomic E-state index is 0.000459.